The Morgan fingerprint density at radius 2 is 1.83 bits per heavy atom. The third-order valence-electron chi connectivity index (χ3n) is 2.90. The molecule has 120 valence electrons. The third-order valence-corrected chi connectivity index (χ3v) is 3.14. The molecule has 0 saturated carbocycles. The molecule has 0 spiro atoms. The van der Waals surface area contributed by atoms with Crippen LogP contribution in [-0.4, -0.2) is 11.7 Å². The molecule has 3 nitrogen and oxygen atoms in total. The van der Waals surface area contributed by atoms with Gasteiger partial charge in [-0.1, -0.05) is 54.1 Å². The molecule has 0 aliphatic heterocycles. The Balaban J connectivity index is 2.16. The Bertz CT molecular complexity index is 717. The molecule has 0 heterocycles. The number of carbonyl (C=O) groups excluding carboxylic acids is 1. The van der Waals surface area contributed by atoms with Gasteiger partial charge in [0, 0.05) is 5.02 Å². The van der Waals surface area contributed by atoms with E-state index in [1.165, 1.54) is 0 Å². The summed E-state index contributed by atoms with van der Waals surface area (Å²) >= 11 is 5.98. The van der Waals surface area contributed by atoms with Crippen molar-refractivity contribution in [3.8, 4) is 0 Å². The Morgan fingerprint density at radius 1 is 1.09 bits per heavy atom. The summed E-state index contributed by atoms with van der Waals surface area (Å²) in [6.45, 7) is 5.49. The molecule has 23 heavy (non-hydrogen) atoms. The Morgan fingerprint density at radius 3 is 2.52 bits per heavy atom. The number of nitrogens with one attached hydrogen (secondary N) is 1. The highest BCUT2D eigenvalue weighted by molar-refractivity contribution is 6.30. The molecule has 2 aromatic rings. The standard InChI is InChI=1S/C19H20ClNO2/c1-19(2,3)23-18(22)21-17-10-5-4-8-15(17)12-11-14-7-6-9-16(20)13-14/h4-13H,1-3H3,(H,21,22)/b12-11+. The quantitative estimate of drug-likeness (QED) is 0.716. The molecule has 1 N–H and O–H groups in total. The summed E-state index contributed by atoms with van der Waals surface area (Å²) in [5, 5.41) is 3.46. The molecular weight excluding hydrogens is 310 g/mol. The lowest BCUT2D eigenvalue weighted by Gasteiger charge is -2.20. The van der Waals surface area contributed by atoms with E-state index in [9.17, 15) is 4.79 Å². The van der Waals surface area contributed by atoms with Crippen LogP contribution in [0, 0.1) is 0 Å². The average molecular weight is 330 g/mol. The van der Waals surface area contributed by atoms with E-state index in [4.69, 9.17) is 16.3 Å². The first-order valence-electron chi connectivity index (χ1n) is 7.36. The number of hydrogen-bond donors (Lipinski definition) is 1. The molecule has 0 unspecified atom stereocenters. The highest BCUT2D eigenvalue weighted by atomic mass is 35.5. The van der Waals surface area contributed by atoms with Crippen molar-refractivity contribution in [1.29, 1.82) is 0 Å². The summed E-state index contributed by atoms with van der Waals surface area (Å²) in [7, 11) is 0. The summed E-state index contributed by atoms with van der Waals surface area (Å²) in [5.41, 5.74) is 2.04. The second-order valence-corrected chi connectivity index (χ2v) is 6.54. The van der Waals surface area contributed by atoms with Crippen molar-refractivity contribution in [2.24, 2.45) is 0 Å². The van der Waals surface area contributed by atoms with Crippen molar-refractivity contribution in [1.82, 2.24) is 0 Å². The fourth-order valence-corrected chi connectivity index (χ4v) is 2.16. The van der Waals surface area contributed by atoms with Crippen LogP contribution >= 0.6 is 11.6 Å². The normalized spacial score (nSPS) is 11.5. The van der Waals surface area contributed by atoms with E-state index < -0.39 is 11.7 Å². The van der Waals surface area contributed by atoms with E-state index in [1.807, 2.05) is 81.5 Å². The summed E-state index contributed by atoms with van der Waals surface area (Å²) in [5.74, 6) is 0. The van der Waals surface area contributed by atoms with Crippen LogP contribution in [0.25, 0.3) is 12.2 Å². The highest BCUT2D eigenvalue weighted by Gasteiger charge is 2.16. The molecular formula is C19H20ClNO2. The topological polar surface area (TPSA) is 38.3 Å². The SMILES string of the molecule is CC(C)(C)OC(=O)Nc1ccccc1/C=C/c1cccc(Cl)c1. The lowest BCUT2D eigenvalue weighted by atomic mass is 10.1. The zero-order chi connectivity index (χ0) is 16.9. The molecule has 0 bridgehead atoms. The summed E-state index contributed by atoms with van der Waals surface area (Å²) in [6.07, 6.45) is 3.40. The van der Waals surface area contributed by atoms with Gasteiger partial charge in [0.2, 0.25) is 0 Å². The first-order chi connectivity index (χ1) is 10.8. The molecule has 0 fully saturated rings. The smallest absolute Gasteiger partial charge is 0.412 e. The molecule has 4 heteroatoms. The fourth-order valence-electron chi connectivity index (χ4n) is 1.97. The van der Waals surface area contributed by atoms with Crippen molar-refractivity contribution >= 4 is 35.5 Å². The molecule has 0 saturated heterocycles. The fraction of sp³-hybridized carbons (Fsp3) is 0.211. The van der Waals surface area contributed by atoms with Crippen LogP contribution in [0.5, 0.6) is 0 Å². The predicted molar refractivity (Wildman–Crippen MR) is 96.7 cm³/mol. The summed E-state index contributed by atoms with van der Waals surface area (Å²) in [6, 6.07) is 15.1. The molecule has 0 atom stereocenters. The number of hydrogen-bond acceptors (Lipinski definition) is 2. The molecule has 0 aliphatic rings. The molecule has 0 aliphatic carbocycles. The predicted octanol–water partition coefficient (Wildman–Crippen LogP) is 5.86. The maximum Gasteiger partial charge on any atom is 0.412 e. The molecule has 1 amide bonds. The Labute approximate surface area is 141 Å². The number of halogens is 1. The van der Waals surface area contributed by atoms with E-state index >= 15 is 0 Å². The van der Waals surface area contributed by atoms with Crippen molar-refractivity contribution in [2.75, 3.05) is 5.32 Å². The lowest BCUT2D eigenvalue weighted by Crippen LogP contribution is -2.27. The number of ether oxygens (including phenoxy) is 1. The van der Waals surface area contributed by atoms with Crippen LogP contribution in [-0.2, 0) is 4.74 Å². The van der Waals surface area contributed by atoms with Crippen LogP contribution in [0.1, 0.15) is 31.9 Å². The van der Waals surface area contributed by atoms with E-state index in [0.717, 1.165) is 11.1 Å². The van der Waals surface area contributed by atoms with Gasteiger partial charge in [-0.05, 0) is 50.1 Å². The first kappa shape index (κ1) is 17.1. The first-order valence-corrected chi connectivity index (χ1v) is 7.74. The number of amides is 1. The van der Waals surface area contributed by atoms with Gasteiger partial charge in [-0.3, -0.25) is 5.32 Å². The molecule has 2 aromatic carbocycles. The van der Waals surface area contributed by atoms with E-state index in [-0.39, 0.29) is 0 Å². The number of rotatable bonds is 3. The van der Waals surface area contributed by atoms with Crippen molar-refractivity contribution in [3.05, 3.63) is 64.7 Å². The summed E-state index contributed by atoms with van der Waals surface area (Å²) in [4.78, 5) is 11.9. The maximum atomic E-state index is 11.9. The minimum atomic E-state index is -0.532. The van der Waals surface area contributed by atoms with Crippen molar-refractivity contribution in [3.63, 3.8) is 0 Å². The third kappa shape index (κ3) is 5.80. The second kappa shape index (κ2) is 7.34. The van der Waals surface area contributed by atoms with Gasteiger partial charge in [0.15, 0.2) is 0 Å². The number of benzene rings is 2. The van der Waals surface area contributed by atoms with E-state index in [0.29, 0.717) is 10.7 Å². The number of carbonyl (C=O) groups is 1. The van der Waals surface area contributed by atoms with Gasteiger partial charge >= 0.3 is 6.09 Å². The van der Waals surface area contributed by atoms with Crippen LogP contribution in [0.3, 0.4) is 0 Å². The van der Waals surface area contributed by atoms with Crippen LogP contribution in [0.15, 0.2) is 48.5 Å². The van der Waals surface area contributed by atoms with Crippen molar-refractivity contribution < 1.29 is 9.53 Å². The average Bonchev–Trinajstić information content (AvgIpc) is 2.44. The minimum Gasteiger partial charge on any atom is -0.444 e. The highest BCUT2D eigenvalue weighted by Crippen LogP contribution is 2.20. The van der Waals surface area contributed by atoms with Gasteiger partial charge in [0.1, 0.15) is 5.60 Å². The number of para-hydroxylation sites is 1. The van der Waals surface area contributed by atoms with Gasteiger partial charge in [-0.25, -0.2) is 4.79 Å². The lowest BCUT2D eigenvalue weighted by molar-refractivity contribution is 0.0636. The molecule has 0 radical (unpaired) electrons. The zero-order valence-electron chi connectivity index (χ0n) is 13.5. The second-order valence-electron chi connectivity index (χ2n) is 6.10. The maximum absolute atomic E-state index is 11.9. The van der Waals surface area contributed by atoms with Crippen LogP contribution in [0.4, 0.5) is 10.5 Å². The Hall–Kier alpha value is -2.26. The van der Waals surface area contributed by atoms with Crippen molar-refractivity contribution in [2.45, 2.75) is 26.4 Å². The Kier molecular flexibility index (Phi) is 5.45. The van der Waals surface area contributed by atoms with Crippen LogP contribution < -0.4 is 5.32 Å². The van der Waals surface area contributed by atoms with E-state index in [2.05, 4.69) is 5.32 Å². The monoisotopic (exact) mass is 329 g/mol. The van der Waals surface area contributed by atoms with Gasteiger partial charge < -0.3 is 4.74 Å². The number of anilines is 1. The van der Waals surface area contributed by atoms with Gasteiger partial charge in [-0.15, -0.1) is 0 Å². The molecule has 2 rings (SSSR count). The largest absolute Gasteiger partial charge is 0.444 e. The van der Waals surface area contributed by atoms with Gasteiger partial charge in [-0.2, -0.15) is 0 Å². The van der Waals surface area contributed by atoms with E-state index in [1.54, 1.807) is 0 Å². The van der Waals surface area contributed by atoms with Crippen LogP contribution in [0.2, 0.25) is 5.02 Å². The van der Waals surface area contributed by atoms with Gasteiger partial charge in [0.05, 0.1) is 5.69 Å². The van der Waals surface area contributed by atoms with Gasteiger partial charge in [0.25, 0.3) is 0 Å². The minimum absolute atomic E-state index is 0.471. The zero-order valence-corrected chi connectivity index (χ0v) is 14.2. The summed E-state index contributed by atoms with van der Waals surface area (Å²) < 4.78 is 5.28. The molecule has 0 aromatic heterocycles.